The predicted octanol–water partition coefficient (Wildman–Crippen LogP) is 3.57. The van der Waals surface area contributed by atoms with Crippen LogP contribution in [0, 0.1) is 5.82 Å². The topological polar surface area (TPSA) is 32.8 Å². The van der Waals surface area contributed by atoms with Crippen molar-refractivity contribution in [2.75, 3.05) is 31.1 Å². The molecule has 0 bridgehead atoms. The van der Waals surface area contributed by atoms with Gasteiger partial charge in [0.15, 0.2) is 0 Å². The van der Waals surface area contributed by atoms with Crippen LogP contribution in [0.5, 0.6) is 0 Å². The van der Waals surface area contributed by atoms with Crippen LogP contribution in [0.15, 0.2) is 48.5 Å². The second kappa shape index (κ2) is 7.69. The molecule has 0 saturated carbocycles. The normalized spacial score (nSPS) is 22.4. The molecule has 1 saturated heterocycles. The molecule has 5 heteroatoms. The lowest BCUT2D eigenvalue weighted by Gasteiger charge is -2.39. The van der Waals surface area contributed by atoms with Gasteiger partial charge in [0.25, 0.3) is 0 Å². The Kier molecular flexibility index (Phi) is 5.12. The Morgan fingerprint density at radius 2 is 1.96 bits per heavy atom. The van der Waals surface area contributed by atoms with Gasteiger partial charge >= 0.3 is 0 Å². The molecule has 2 atom stereocenters. The number of carbonyl (C=O) groups is 1. The van der Waals surface area contributed by atoms with Crippen LogP contribution >= 0.6 is 0 Å². The highest BCUT2D eigenvalue weighted by Gasteiger charge is 2.29. The predicted molar refractivity (Wildman–Crippen MR) is 103 cm³/mol. The maximum absolute atomic E-state index is 13.2. The fraction of sp³-hybridized carbons (Fsp3) is 0.409. The highest BCUT2D eigenvalue weighted by atomic mass is 19.1. The Morgan fingerprint density at radius 1 is 1.19 bits per heavy atom. The molecule has 0 aromatic heterocycles. The fourth-order valence-corrected chi connectivity index (χ4v) is 4.00. The van der Waals surface area contributed by atoms with Crippen molar-refractivity contribution in [2.24, 2.45) is 0 Å². The number of halogens is 1. The third-order valence-electron chi connectivity index (χ3n) is 5.63. The van der Waals surface area contributed by atoms with Crippen molar-refractivity contribution in [2.45, 2.75) is 31.9 Å². The molecular formula is C22H25FN2O2. The molecule has 0 spiro atoms. The van der Waals surface area contributed by atoms with Gasteiger partial charge < -0.3 is 14.5 Å². The quantitative estimate of drug-likeness (QED) is 0.830. The van der Waals surface area contributed by atoms with Gasteiger partial charge in [-0.05, 0) is 49.1 Å². The molecule has 2 aromatic rings. The van der Waals surface area contributed by atoms with Crippen molar-refractivity contribution >= 4 is 11.6 Å². The number of fused-ring (bicyclic) bond motifs is 1. The maximum atomic E-state index is 13.2. The molecule has 0 radical (unpaired) electrons. The fourth-order valence-electron chi connectivity index (χ4n) is 4.00. The van der Waals surface area contributed by atoms with Crippen molar-refractivity contribution in [3.8, 4) is 0 Å². The Labute approximate surface area is 159 Å². The molecule has 142 valence electrons. The molecule has 1 amide bonds. The van der Waals surface area contributed by atoms with E-state index < -0.39 is 0 Å². The zero-order valence-electron chi connectivity index (χ0n) is 15.6. The summed E-state index contributed by atoms with van der Waals surface area (Å²) < 4.78 is 19.0. The SMILES string of the molecule is CC1CCc2ccccc2N1CC(=O)N1CCOC(c2ccc(F)cc2)C1. The van der Waals surface area contributed by atoms with Gasteiger partial charge in [0.05, 0.1) is 19.7 Å². The minimum atomic E-state index is -0.264. The molecule has 27 heavy (non-hydrogen) atoms. The molecule has 4 nitrogen and oxygen atoms in total. The monoisotopic (exact) mass is 368 g/mol. The van der Waals surface area contributed by atoms with Crippen LogP contribution in [0.1, 0.15) is 30.6 Å². The molecule has 0 N–H and O–H groups in total. The number of anilines is 1. The summed E-state index contributed by atoms with van der Waals surface area (Å²) >= 11 is 0. The summed E-state index contributed by atoms with van der Waals surface area (Å²) in [5.41, 5.74) is 3.40. The lowest BCUT2D eigenvalue weighted by atomic mass is 9.96. The van der Waals surface area contributed by atoms with Crippen LogP contribution in [0.2, 0.25) is 0 Å². The first-order chi connectivity index (χ1) is 13.1. The molecule has 2 aliphatic heterocycles. The number of aryl methyl sites for hydroxylation is 1. The first-order valence-electron chi connectivity index (χ1n) is 9.61. The van der Waals surface area contributed by atoms with Crippen LogP contribution in [0.4, 0.5) is 10.1 Å². The zero-order chi connectivity index (χ0) is 18.8. The molecule has 4 rings (SSSR count). The molecular weight excluding hydrogens is 343 g/mol. The van der Waals surface area contributed by atoms with Crippen molar-refractivity contribution < 1.29 is 13.9 Å². The molecule has 0 aliphatic carbocycles. The third-order valence-corrected chi connectivity index (χ3v) is 5.63. The number of hydrogen-bond acceptors (Lipinski definition) is 3. The number of morpholine rings is 1. The summed E-state index contributed by atoms with van der Waals surface area (Å²) in [5, 5.41) is 0. The Hall–Kier alpha value is -2.40. The summed E-state index contributed by atoms with van der Waals surface area (Å²) in [6.07, 6.45) is 1.92. The summed E-state index contributed by atoms with van der Waals surface area (Å²) in [6, 6.07) is 15.0. The number of ether oxygens (including phenoxy) is 1. The molecule has 2 heterocycles. The summed E-state index contributed by atoms with van der Waals surface area (Å²) in [4.78, 5) is 17.1. The van der Waals surface area contributed by atoms with Gasteiger partial charge in [0, 0.05) is 18.3 Å². The second-order valence-corrected chi connectivity index (χ2v) is 7.40. The minimum Gasteiger partial charge on any atom is -0.370 e. The van der Waals surface area contributed by atoms with E-state index in [1.54, 1.807) is 12.1 Å². The average molecular weight is 368 g/mol. The number of hydrogen-bond donors (Lipinski definition) is 0. The lowest BCUT2D eigenvalue weighted by molar-refractivity contribution is -0.137. The smallest absolute Gasteiger partial charge is 0.242 e. The second-order valence-electron chi connectivity index (χ2n) is 7.40. The third kappa shape index (κ3) is 3.83. The number of carbonyl (C=O) groups excluding carboxylic acids is 1. The van der Waals surface area contributed by atoms with Gasteiger partial charge in [-0.2, -0.15) is 0 Å². The van der Waals surface area contributed by atoms with E-state index in [1.807, 2.05) is 11.0 Å². The van der Waals surface area contributed by atoms with Crippen molar-refractivity contribution in [3.05, 3.63) is 65.5 Å². The standard InChI is InChI=1S/C22H25FN2O2/c1-16-6-7-17-4-2-3-5-20(17)25(16)15-22(26)24-12-13-27-21(14-24)18-8-10-19(23)11-9-18/h2-5,8-11,16,21H,6-7,12-15H2,1H3. The Morgan fingerprint density at radius 3 is 2.78 bits per heavy atom. The van der Waals surface area contributed by atoms with E-state index in [4.69, 9.17) is 4.74 Å². The van der Waals surface area contributed by atoms with Crippen LogP contribution < -0.4 is 4.90 Å². The highest BCUT2D eigenvalue weighted by Crippen LogP contribution is 2.30. The van der Waals surface area contributed by atoms with Crippen LogP contribution in [-0.4, -0.2) is 43.1 Å². The summed E-state index contributed by atoms with van der Waals surface area (Å²) in [6.45, 7) is 4.17. The lowest BCUT2D eigenvalue weighted by Crippen LogP contribution is -2.49. The van der Waals surface area contributed by atoms with Gasteiger partial charge in [-0.25, -0.2) is 4.39 Å². The van der Waals surface area contributed by atoms with Crippen LogP contribution in [-0.2, 0) is 16.0 Å². The molecule has 1 fully saturated rings. The van der Waals surface area contributed by atoms with E-state index in [0.29, 0.717) is 32.3 Å². The molecule has 2 unspecified atom stereocenters. The number of benzene rings is 2. The number of rotatable bonds is 3. The van der Waals surface area contributed by atoms with Gasteiger partial charge in [0.2, 0.25) is 5.91 Å². The summed E-state index contributed by atoms with van der Waals surface area (Å²) in [5.74, 6) is -0.144. The van der Waals surface area contributed by atoms with E-state index in [1.165, 1.54) is 23.4 Å². The maximum Gasteiger partial charge on any atom is 0.242 e. The number of nitrogens with zero attached hydrogens (tertiary/aromatic N) is 2. The molecule has 2 aromatic carbocycles. The highest BCUT2D eigenvalue weighted by molar-refractivity contribution is 5.82. The van der Waals surface area contributed by atoms with Crippen molar-refractivity contribution in [3.63, 3.8) is 0 Å². The zero-order valence-corrected chi connectivity index (χ0v) is 15.6. The van der Waals surface area contributed by atoms with E-state index in [0.717, 1.165) is 18.4 Å². The van der Waals surface area contributed by atoms with E-state index >= 15 is 0 Å². The van der Waals surface area contributed by atoms with E-state index in [9.17, 15) is 9.18 Å². The van der Waals surface area contributed by atoms with E-state index in [2.05, 4.69) is 30.0 Å². The number of amides is 1. The average Bonchev–Trinajstić information content (AvgIpc) is 2.71. The van der Waals surface area contributed by atoms with Crippen LogP contribution in [0.3, 0.4) is 0 Å². The van der Waals surface area contributed by atoms with E-state index in [-0.39, 0.29) is 17.8 Å². The minimum absolute atomic E-state index is 0.119. The largest absolute Gasteiger partial charge is 0.370 e. The Bertz CT molecular complexity index is 808. The number of para-hydroxylation sites is 1. The van der Waals surface area contributed by atoms with Crippen LogP contribution in [0.25, 0.3) is 0 Å². The van der Waals surface area contributed by atoms with Gasteiger partial charge in [-0.1, -0.05) is 30.3 Å². The Balaban J connectivity index is 1.46. The first-order valence-corrected chi connectivity index (χ1v) is 9.61. The van der Waals surface area contributed by atoms with Gasteiger partial charge in [0.1, 0.15) is 11.9 Å². The van der Waals surface area contributed by atoms with Gasteiger partial charge in [-0.3, -0.25) is 4.79 Å². The summed E-state index contributed by atoms with van der Waals surface area (Å²) in [7, 11) is 0. The van der Waals surface area contributed by atoms with Crippen molar-refractivity contribution in [1.82, 2.24) is 4.90 Å². The molecule has 2 aliphatic rings. The van der Waals surface area contributed by atoms with Crippen molar-refractivity contribution in [1.29, 1.82) is 0 Å². The first kappa shape index (κ1) is 18.0. The van der Waals surface area contributed by atoms with Gasteiger partial charge in [-0.15, -0.1) is 0 Å².